The highest BCUT2D eigenvalue weighted by molar-refractivity contribution is 5.66. The van der Waals surface area contributed by atoms with Gasteiger partial charge in [0, 0.05) is 25.5 Å². The summed E-state index contributed by atoms with van der Waals surface area (Å²) < 4.78 is 25.1. The number of aliphatic imine (C=N–C) groups is 1. The maximum Gasteiger partial charge on any atom is 0.252 e. The fraction of sp³-hybridized carbons (Fsp3) is 0.625. The average Bonchev–Trinajstić information content (AvgIpc) is 2.31. The normalized spacial score (nSPS) is 29.8. The number of rotatable bonds is 1. The van der Waals surface area contributed by atoms with E-state index in [0.29, 0.717) is 5.70 Å². The second-order valence-electron chi connectivity index (χ2n) is 3.50. The van der Waals surface area contributed by atoms with E-state index in [-0.39, 0.29) is 12.8 Å². The predicted molar refractivity (Wildman–Crippen MR) is 42.3 cm³/mol. The van der Waals surface area contributed by atoms with Crippen LogP contribution in [0.25, 0.3) is 0 Å². The van der Waals surface area contributed by atoms with Gasteiger partial charge in [-0.05, 0) is 0 Å². The van der Waals surface area contributed by atoms with Gasteiger partial charge < -0.3 is 5.73 Å². The number of alkyl halides is 2. The standard InChI is InChI=1S/C8H10F2N2/c9-8(10)4-7(11,5-8)6-2-1-3-12-6/h2-3H,1,4-5,11H2. The highest BCUT2D eigenvalue weighted by atomic mass is 19.3. The van der Waals surface area contributed by atoms with Gasteiger partial charge in [0.15, 0.2) is 0 Å². The lowest BCUT2D eigenvalue weighted by atomic mass is 9.72. The molecular weight excluding hydrogens is 162 g/mol. The van der Waals surface area contributed by atoms with Gasteiger partial charge in [-0.25, -0.2) is 8.78 Å². The third kappa shape index (κ3) is 1.06. The molecule has 0 atom stereocenters. The van der Waals surface area contributed by atoms with E-state index in [1.165, 1.54) is 0 Å². The number of allylic oxidation sites excluding steroid dienone is 1. The van der Waals surface area contributed by atoms with Gasteiger partial charge in [0.05, 0.1) is 11.2 Å². The second-order valence-corrected chi connectivity index (χ2v) is 3.50. The zero-order valence-corrected chi connectivity index (χ0v) is 6.56. The lowest BCUT2D eigenvalue weighted by Gasteiger charge is -2.44. The van der Waals surface area contributed by atoms with Crippen molar-refractivity contribution in [1.82, 2.24) is 0 Å². The van der Waals surface area contributed by atoms with Crippen molar-refractivity contribution in [2.45, 2.75) is 30.7 Å². The quantitative estimate of drug-likeness (QED) is 0.639. The molecule has 0 spiro atoms. The Hall–Kier alpha value is -0.770. The summed E-state index contributed by atoms with van der Waals surface area (Å²) in [5.74, 6) is -2.58. The predicted octanol–water partition coefficient (Wildman–Crippen LogP) is 1.47. The molecule has 66 valence electrons. The molecular formula is C8H10F2N2. The summed E-state index contributed by atoms with van der Waals surface area (Å²) in [6, 6.07) is 0. The highest BCUT2D eigenvalue weighted by Gasteiger charge is 2.56. The van der Waals surface area contributed by atoms with Crippen molar-refractivity contribution >= 4 is 6.21 Å². The molecule has 2 N–H and O–H groups in total. The summed E-state index contributed by atoms with van der Waals surface area (Å²) in [6.07, 6.45) is 3.71. The lowest BCUT2D eigenvalue weighted by molar-refractivity contribution is -0.110. The van der Waals surface area contributed by atoms with Gasteiger partial charge in [0.25, 0.3) is 5.92 Å². The van der Waals surface area contributed by atoms with Gasteiger partial charge in [0.1, 0.15) is 0 Å². The van der Waals surface area contributed by atoms with E-state index < -0.39 is 11.5 Å². The van der Waals surface area contributed by atoms with Crippen LogP contribution in [-0.4, -0.2) is 17.7 Å². The van der Waals surface area contributed by atoms with Crippen molar-refractivity contribution in [3.8, 4) is 0 Å². The summed E-state index contributed by atoms with van der Waals surface area (Å²) in [5.41, 5.74) is 5.50. The van der Waals surface area contributed by atoms with Crippen LogP contribution in [0.4, 0.5) is 8.78 Å². The number of hydrogen-bond acceptors (Lipinski definition) is 2. The molecule has 12 heavy (non-hydrogen) atoms. The Kier molecular flexibility index (Phi) is 1.39. The molecule has 1 saturated carbocycles. The van der Waals surface area contributed by atoms with Crippen molar-refractivity contribution in [2.24, 2.45) is 10.7 Å². The van der Waals surface area contributed by atoms with Gasteiger partial charge in [-0.2, -0.15) is 0 Å². The summed E-state index contributed by atoms with van der Waals surface area (Å²) >= 11 is 0. The van der Waals surface area contributed by atoms with E-state index in [1.54, 1.807) is 6.21 Å². The SMILES string of the molecule is NC1(C2=CCC=N2)CC(F)(F)C1. The molecule has 1 fully saturated rings. The van der Waals surface area contributed by atoms with E-state index in [1.807, 2.05) is 6.08 Å². The van der Waals surface area contributed by atoms with Crippen molar-refractivity contribution in [3.05, 3.63) is 11.8 Å². The third-order valence-electron chi connectivity index (χ3n) is 2.31. The van der Waals surface area contributed by atoms with Crippen molar-refractivity contribution in [2.75, 3.05) is 0 Å². The monoisotopic (exact) mass is 172 g/mol. The zero-order valence-electron chi connectivity index (χ0n) is 6.56. The van der Waals surface area contributed by atoms with Crippen LogP contribution in [0.15, 0.2) is 16.8 Å². The maximum absolute atomic E-state index is 12.5. The molecule has 1 aliphatic carbocycles. The smallest absolute Gasteiger partial charge is 0.252 e. The molecule has 0 aromatic carbocycles. The first-order valence-electron chi connectivity index (χ1n) is 3.92. The molecule has 1 aliphatic heterocycles. The fourth-order valence-electron chi connectivity index (χ4n) is 1.75. The summed E-state index contributed by atoms with van der Waals surface area (Å²) in [6.45, 7) is 0. The van der Waals surface area contributed by atoms with Crippen molar-refractivity contribution < 1.29 is 8.78 Å². The zero-order chi connectivity index (χ0) is 8.82. The number of nitrogens with zero attached hydrogens (tertiary/aromatic N) is 1. The molecule has 0 amide bonds. The molecule has 4 heteroatoms. The number of halogens is 2. The molecule has 0 radical (unpaired) electrons. The first kappa shape index (κ1) is 7.86. The Morgan fingerprint density at radius 1 is 1.42 bits per heavy atom. The Labute approximate surface area is 69.2 Å². The molecule has 0 aromatic heterocycles. The Balaban J connectivity index is 2.11. The van der Waals surface area contributed by atoms with Gasteiger partial charge in [-0.3, -0.25) is 4.99 Å². The highest BCUT2D eigenvalue weighted by Crippen LogP contribution is 2.48. The van der Waals surface area contributed by atoms with Crippen molar-refractivity contribution in [3.63, 3.8) is 0 Å². The minimum atomic E-state index is -2.58. The fourth-order valence-corrected chi connectivity index (χ4v) is 1.75. The van der Waals surface area contributed by atoms with Crippen LogP contribution < -0.4 is 5.73 Å². The first-order valence-corrected chi connectivity index (χ1v) is 3.92. The summed E-state index contributed by atoms with van der Waals surface area (Å²) in [5, 5.41) is 0. The van der Waals surface area contributed by atoms with E-state index >= 15 is 0 Å². The Morgan fingerprint density at radius 3 is 2.50 bits per heavy atom. The van der Waals surface area contributed by atoms with Crippen molar-refractivity contribution in [1.29, 1.82) is 0 Å². The molecule has 1 heterocycles. The maximum atomic E-state index is 12.5. The molecule has 0 aromatic rings. The molecule has 2 aliphatic rings. The average molecular weight is 172 g/mol. The Morgan fingerprint density at radius 2 is 2.08 bits per heavy atom. The lowest BCUT2D eigenvalue weighted by Crippen LogP contribution is -2.58. The van der Waals surface area contributed by atoms with Crippen LogP contribution in [0.3, 0.4) is 0 Å². The summed E-state index contributed by atoms with van der Waals surface area (Å²) in [7, 11) is 0. The van der Waals surface area contributed by atoms with Crippen LogP contribution in [0.1, 0.15) is 19.3 Å². The topological polar surface area (TPSA) is 38.4 Å². The molecule has 0 saturated heterocycles. The second kappa shape index (κ2) is 2.13. The van der Waals surface area contributed by atoms with Crippen LogP contribution in [0.2, 0.25) is 0 Å². The number of nitrogens with two attached hydrogens (primary N) is 1. The molecule has 2 nitrogen and oxygen atoms in total. The van der Waals surface area contributed by atoms with Gasteiger partial charge in [0.2, 0.25) is 0 Å². The molecule has 0 bridgehead atoms. The van der Waals surface area contributed by atoms with Crippen LogP contribution >= 0.6 is 0 Å². The van der Waals surface area contributed by atoms with Crippen LogP contribution in [-0.2, 0) is 0 Å². The van der Waals surface area contributed by atoms with E-state index in [9.17, 15) is 8.78 Å². The largest absolute Gasteiger partial charge is 0.320 e. The molecule has 0 unspecified atom stereocenters. The Bertz CT molecular complexity index is 260. The van der Waals surface area contributed by atoms with E-state index in [4.69, 9.17) is 5.73 Å². The van der Waals surface area contributed by atoms with Gasteiger partial charge >= 0.3 is 0 Å². The van der Waals surface area contributed by atoms with Gasteiger partial charge in [-0.15, -0.1) is 0 Å². The first-order chi connectivity index (χ1) is 5.52. The molecule has 2 rings (SSSR count). The minimum absolute atomic E-state index is 0.261. The van der Waals surface area contributed by atoms with E-state index in [2.05, 4.69) is 4.99 Å². The van der Waals surface area contributed by atoms with E-state index in [0.717, 1.165) is 6.42 Å². The minimum Gasteiger partial charge on any atom is -0.320 e. The number of hydrogen-bond donors (Lipinski definition) is 1. The summed E-state index contributed by atoms with van der Waals surface area (Å²) in [4.78, 5) is 3.97. The third-order valence-corrected chi connectivity index (χ3v) is 2.31. The van der Waals surface area contributed by atoms with Crippen LogP contribution in [0, 0.1) is 0 Å². The van der Waals surface area contributed by atoms with Gasteiger partial charge in [-0.1, -0.05) is 6.08 Å². The van der Waals surface area contributed by atoms with Crippen LogP contribution in [0.5, 0.6) is 0 Å².